The fourth-order valence-corrected chi connectivity index (χ4v) is 2.55. The Morgan fingerprint density at radius 1 is 1.47 bits per heavy atom. The standard InChI is InChI=1S/C14H21N5/c1-10(2)11-8-12-13(16-6-7-19(12)18-11)17-14(9-15)4-3-5-14/h6-8,10H,3-5,9,15H2,1-2H3,(H,16,17). The van der Waals surface area contributed by atoms with Gasteiger partial charge < -0.3 is 11.1 Å². The molecule has 2 aromatic heterocycles. The average molecular weight is 259 g/mol. The van der Waals surface area contributed by atoms with E-state index in [-0.39, 0.29) is 5.54 Å². The van der Waals surface area contributed by atoms with E-state index in [1.807, 2.05) is 10.7 Å². The van der Waals surface area contributed by atoms with E-state index in [1.165, 1.54) is 6.42 Å². The van der Waals surface area contributed by atoms with E-state index in [0.717, 1.165) is 29.9 Å². The van der Waals surface area contributed by atoms with E-state index in [2.05, 4.69) is 35.3 Å². The van der Waals surface area contributed by atoms with Gasteiger partial charge in [0.1, 0.15) is 5.52 Å². The van der Waals surface area contributed by atoms with Gasteiger partial charge in [0.15, 0.2) is 5.82 Å². The molecule has 5 heteroatoms. The molecule has 2 heterocycles. The second-order valence-corrected chi connectivity index (χ2v) is 5.79. The average Bonchev–Trinajstić information content (AvgIpc) is 2.78. The second-order valence-electron chi connectivity index (χ2n) is 5.79. The quantitative estimate of drug-likeness (QED) is 0.882. The summed E-state index contributed by atoms with van der Waals surface area (Å²) >= 11 is 0. The Kier molecular flexibility index (Phi) is 2.93. The summed E-state index contributed by atoms with van der Waals surface area (Å²) in [5.41, 5.74) is 8.06. The predicted octanol–water partition coefficient (Wildman–Crippen LogP) is 2.15. The van der Waals surface area contributed by atoms with Crippen molar-refractivity contribution in [3.05, 3.63) is 24.2 Å². The number of fused-ring (bicyclic) bond motifs is 1. The van der Waals surface area contributed by atoms with Gasteiger partial charge in [-0.25, -0.2) is 9.50 Å². The van der Waals surface area contributed by atoms with Crippen molar-refractivity contribution in [1.29, 1.82) is 0 Å². The van der Waals surface area contributed by atoms with Crippen LogP contribution in [-0.2, 0) is 0 Å². The maximum absolute atomic E-state index is 5.90. The van der Waals surface area contributed by atoms with E-state index in [4.69, 9.17) is 5.73 Å². The van der Waals surface area contributed by atoms with Crippen molar-refractivity contribution < 1.29 is 0 Å². The Morgan fingerprint density at radius 2 is 2.26 bits per heavy atom. The number of nitrogens with two attached hydrogens (primary N) is 1. The third-order valence-corrected chi connectivity index (χ3v) is 4.09. The zero-order chi connectivity index (χ0) is 13.5. The van der Waals surface area contributed by atoms with Crippen molar-refractivity contribution in [1.82, 2.24) is 14.6 Å². The number of anilines is 1. The summed E-state index contributed by atoms with van der Waals surface area (Å²) in [5.74, 6) is 1.31. The van der Waals surface area contributed by atoms with Crippen LogP contribution in [0.25, 0.3) is 5.52 Å². The molecule has 3 N–H and O–H groups in total. The van der Waals surface area contributed by atoms with Crippen molar-refractivity contribution in [3.8, 4) is 0 Å². The molecule has 0 saturated heterocycles. The molecule has 1 aliphatic rings. The maximum Gasteiger partial charge on any atom is 0.152 e. The van der Waals surface area contributed by atoms with Crippen molar-refractivity contribution in [2.24, 2.45) is 5.73 Å². The van der Waals surface area contributed by atoms with Crippen molar-refractivity contribution in [2.75, 3.05) is 11.9 Å². The summed E-state index contributed by atoms with van der Waals surface area (Å²) in [6.07, 6.45) is 7.16. The summed E-state index contributed by atoms with van der Waals surface area (Å²) in [7, 11) is 0. The van der Waals surface area contributed by atoms with Gasteiger partial charge in [0.25, 0.3) is 0 Å². The van der Waals surface area contributed by atoms with E-state index < -0.39 is 0 Å². The highest BCUT2D eigenvalue weighted by molar-refractivity contribution is 5.69. The first kappa shape index (κ1) is 12.4. The predicted molar refractivity (Wildman–Crippen MR) is 76.3 cm³/mol. The minimum Gasteiger partial charge on any atom is -0.362 e. The highest BCUT2D eigenvalue weighted by Gasteiger charge is 2.36. The molecule has 0 radical (unpaired) electrons. The first-order valence-electron chi connectivity index (χ1n) is 6.96. The Hall–Kier alpha value is -1.62. The molecule has 1 saturated carbocycles. The van der Waals surface area contributed by atoms with Gasteiger partial charge >= 0.3 is 0 Å². The molecule has 1 fully saturated rings. The lowest BCUT2D eigenvalue weighted by Crippen LogP contribution is -2.51. The Labute approximate surface area is 113 Å². The maximum atomic E-state index is 5.90. The normalized spacial score (nSPS) is 17.7. The lowest BCUT2D eigenvalue weighted by Gasteiger charge is -2.42. The van der Waals surface area contributed by atoms with Crippen LogP contribution in [0.2, 0.25) is 0 Å². The fraction of sp³-hybridized carbons (Fsp3) is 0.571. The van der Waals surface area contributed by atoms with Gasteiger partial charge in [-0.3, -0.25) is 0 Å². The Morgan fingerprint density at radius 3 is 2.84 bits per heavy atom. The molecule has 0 aliphatic heterocycles. The van der Waals surface area contributed by atoms with Crippen LogP contribution in [0.3, 0.4) is 0 Å². The highest BCUT2D eigenvalue weighted by atomic mass is 15.2. The third-order valence-electron chi connectivity index (χ3n) is 4.09. The van der Waals surface area contributed by atoms with Crippen molar-refractivity contribution in [3.63, 3.8) is 0 Å². The number of hydrogen-bond acceptors (Lipinski definition) is 4. The number of hydrogen-bond donors (Lipinski definition) is 2. The molecular formula is C14H21N5. The zero-order valence-electron chi connectivity index (χ0n) is 11.6. The van der Waals surface area contributed by atoms with Gasteiger partial charge in [-0.05, 0) is 31.2 Å². The molecule has 0 spiro atoms. The summed E-state index contributed by atoms with van der Waals surface area (Å²) in [6, 6.07) is 2.11. The molecule has 0 atom stereocenters. The highest BCUT2D eigenvalue weighted by Crippen LogP contribution is 2.35. The molecular weight excluding hydrogens is 238 g/mol. The number of rotatable bonds is 4. The summed E-state index contributed by atoms with van der Waals surface area (Å²) in [4.78, 5) is 4.47. The van der Waals surface area contributed by atoms with E-state index in [9.17, 15) is 0 Å². The molecule has 0 amide bonds. The van der Waals surface area contributed by atoms with Crippen molar-refractivity contribution >= 4 is 11.3 Å². The van der Waals surface area contributed by atoms with Crippen LogP contribution in [0.5, 0.6) is 0 Å². The smallest absolute Gasteiger partial charge is 0.152 e. The van der Waals surface area contributed by atoms with Crippen molar-refractivity contribution in [2.45, 2.75) is 44.6 Å². The SMILES string of the molecule is CC(C)c1cc2c(NC3(CN)CCC3)nccn2n1. The molecule has 19 heavy (non-hydrogen) atoms. The minimum atomic E-state index is 0.0388. The lowest BCUT2D eigenvalue weighted by molar-refractivity contribution is 0.287. The van der Waals surface area contributed by atoms with Gasteiger partial charge in [-0.2, -0.15) is 5.10 Å². The summed E-state index contributed by atoms with van der Waals surface area (Å²) < 4.78 is 1.90. The fourth-order valence-electron chi connectivity index (χ4n) is 2.55. The van der Waals surface area contributed by atoms with Crippen LogP contribution >= 0.6 is 0 Å². The third kappa shape index (κ3) is 2.08. The minimum absolute atomic E-state index is 0.0388. The number of nitrogens with one attached hydrogen (secondary N) is 1. The van der Waals surface area contributed by atoms with E-state index in [0.29, 0.717) is 12.5 Å². The van der Waals surface area contributed by atoms with Crippen LogP contribution in [0.4, 0.5) is 5.82 Å². The second kappa shape index (κ2) is 4.49. The van der Waals surface area contributed by atoms with Gasteiger partial charge in [0.2, 0.25) is 0 Å². The Balaban J connectivity index is 1.98. The molecule has 0 aromatic carbocycles. The van der Waals surface area contributed by atoms with Crippen LogP contribution in [0.1, 0.15) is 44.7 Å². The van der Waals surface area contributed by atoms with Crippen LogP contribution in [0.15, 0.2) is 18.5 Å². The van der Waals surface area contributed by atoms with Crippen LogP contribution in [0, 0.1) is 0 Å². The molecule has 2 aromatic rings. The zero-order valence-corrected chi connectivity index (χ0v) is 11.6. The molecule has 0 bridgehead atoms. The molecule has 0 unspecified atom stereocenters. The number of nitrogens with zero attached hydrogens (tertiary/aromatic N) is 3. The van der Waals surface area contributed by atoms with Gasteiger partial charge in [0.05, 0.1) is 11.2 Å². The van der Waals surface area contributed by atoms with Crippen LogP contribution < -0.4 is 11.1 Å². The number of aromatic nitrogens is 3. The molecule has 1 aliphatic carbocycles. The molecule has 102 valence electrons. The molecule has 3 rings (SSSR count). The van der Waals surface area contributed by atoms with Gasteiger partial charge in [-0.1, -0.05) is 13.8 Å². The largest absolute Gasteiger partial charge is 0.362 e. The first-order valence-corrected chi connectivity index (χ1v) is 6.96. The monoisotopic (exact) mass is 259 g/mol. The molecule has 5 nitrogen and oxygen atoms in total. The van der Waals surface area contributed by atoms with Gasteiger partial charge in [0, 0.05) is 18.9 Å². The van der Waals surface area contributed by atoms with E-state index in [1.54, 1.807) is 6.20 Å². The topological polar surface area (TPSA) is 68.2 Å². The summed E-state index contributed by atoms with van der Waals surface area (Å²) in [6.45, 7) is 4.95. The van der Waals surface area contributed by atoms with E-state index >= 15 is 0 Å². The Bertz CT molecular complexity index is 577. The lowest BCUT2D eigenvalue weighted by atomic mass is 9.77. The van der Waals surface area contributed by atoms with Gasteiger partial charge in [-0.15, -0.1) is 0 Å². The first-order chi connectivity index (χ1) is 9.13. The van der Waals surface area contributed by atoms with Crippen LogP contribution in [-0.4, -0.2) is 26.7 Å². The summed E-state index contributed by atoms with van der Waals surface area (Å²) in [5, 5.41) is 8.12.